The quantitative estimate of drug-likeness (QED) is 0.482. The number of nitrogens with one attached hydrogen (secondary N) is 1. The predicted molar refractivity (Wildman–Crippen MR) is 93.2 cm³/mol. The first-order chi connectivity index (χ1) is 10.8. The molecule has 0 aromatic carbocycles. The molecule has 0 bridgehead atoms. The molecule has 22 heavy (non-hydrogen) atoms. The number of pyridine rings is 1. The molecule has 2 heterocycles. The second-order valence-electron chi connectivity index (χ2n) is 5.91. The summed E-state index contributed by atoms with van der Waals surface area (Å²) < 4.78 is 0. The minimum Gasteiger partial charge on any atom is -0.370 e. The zero-order chi connectivity index (χ0) is 15.6. The summed E-state index contributed by atoms with van der Waals surface area (Å²) >= 11 is 0. The number of nitrogens with two attached hydrogens (primary N) is 1. The average molecular weight is 303 g/mol. The Labute approximate surface area is 134 Å². The van der Waals surface area contributed by atoms with Crippen molar-refractivity contribution in [3.63, 3.8) is 0 Å². The van der Waals surface area contributed by atoms with Crippen molar-refractivity contribution < 1.29 is 0 Å². The van der Waals surface area contributed by atoms with Crippen LogP contribution in [0.2, 0.25) is 0 Å². The monoisotopic (exact) mass is 303 g/mol. The third-order valence-electron chi connectivity index (χ3n) is 4.01. The zero-order valence-electron chi connectivity index (χ0n) is 13.7. The molecule has 122 valence electrons. The molecule has 0 saturated carbocycles. The number of anilines is 1. The molecule has 1 aromatic rings. The highest BCUT2D eigenvalue weighted by Gasteiger charge is 2.11. The molecule has 2 rings (SSSR count). The van der Waals surface area contributed by atoms with E-state index in [2.05, 4.69) is 33.2 Å². The van der Waals surface area contributed by atoms with Crippen LogP contribution in [0.4, 0.5) is 5.82 Å². The van der Waals surface area contributed by atoms with Crippen LogP contribution in [0.5, 0.6) is 0 Å². The van der Waals surface area contributed by atoms with Gasteiger partial charge in [0.15, 0.2) is 5.96 Å². The highest BCUT2D eigenvalue weighted by molar-refractivity contribution is 5.77. The fraction of sp³-hybridized carbons (Fsp3) is 0.647. The van der Waals surface area contributed by atoms with E-state index in [1.165, 1.54) is 25.7 Å². The Hall–Kier alpha value is -1.78. The van der Waals surface area contributed by atoms with E-state index in [0.717, 1.165) is 43.9 Å². The molecule has 3 N–H and O–H groups in total. The number of nitrogens with zero attached hydrogens (tertiary/aromatic N) is 3. The van der Waals surface area contributed by atoms with Crippen molar-refractivity contribution in [2.75, 3.05) is 24.5 Å². The van der Waals surface area contributed by atoms with Gasteiger partial charge in [0.1, 0.15) is 5.82 Å². The highest BCUT2D eigenvalue weighted by Crippen LogP contribution is 2.18. The van der Waals surface area contributed by atoms with E-state index in [0.29, 0.717) is 12.5 Å². The average Bonchev–Trinajstić information content (AvgIpc) is 2.83. The Kier molecular flexibility index (Phi) is 7.00. The molecule has 0 amide bonds. The van der Waals surface area contributed by atoms with E-state index >= 15 is 0 Å². The summed E-state index contributed by atoms with van der Waals surface area (Å²) in [6.07, 6.45) is 9.35. The Bertz CT molecular complexity index is 464. The van der Waals surface area contributed by atoms with Gasteiger partial charge in [-0.3, -0.25) is 0 Å². The van der Waals surface area contributed by atoms with E-state index in [4.69, 9.17) is 5.73 Å². The smallest absolute Gasteiger partial charge is 0.188 e. The van der Waals surface area contributed by atoms with Crippen LogP contribution in [0.15, 0.2) is 23.3 Å². The molecule has 1 aromatic heterocycles. The van der Waals surface area contributed by atoms with Gasteiger partial charge in [-0.2, -0.15) is 0 Å². The van der Waals surface area contributed by atoms with E-state index in [1.807, 2.05) is 12.3 Å². The maximum atomic E-state index is 5.88. The molecule has 1 fully saturated rings. The maximum absolute atomic E-state index is 5.88. The van der Waals surface area contributed by atoms with Crippen molar-refractivity contribution in [3.8, 4) is 0 Å². The summed E-state index contributed by atoms with van der Waals surface area (Å²) in [5.41, 5.74) is 7.04. The highest BCUT2D eigenvalue weighted by atomic mass is 15.2. The molecule has 1 aliphatic rings. The summed E-state index contributed by atoms with van der Waals surface area (Å²) in [5.74, 6) is 1.61. The van der Waals surface area contributed by atoms with Crippen molar-refractivity contribution in [1.29, 1.82) is 0 Å². The number of aliphatic imine (C=N–C) groups is 1. The molecule has 0 aliphatic carbocycles. The molecule has 0 radical (unpaired) electrons. The fourth-order valence-electron chi connectivity index (χ4n) is 2.66. The van der Waals surface area contributed by atoms with Gasteiger partial charge in [-0.15, -0.1) is 0 Å². The minimum atomic E-state index is 0.529. The van der Waals surface area contributed by atoms with Crippen molar-refractivity contribution in [3.05, 3.63) is 23.9 Å². The lowest BCUT2D eigenvalue weighted by Gasteiger charge is -2.21. The molecular formula is C17H29N5. The van der Waals surface area contributed by atoms with Crippen LogP contribution >= 0.6 is 0 Å². The number of unbranched alkanes of at least 4 members (excludes halogenated alkanes) is 1. The molecule has 0 unspecified atom stereocenters. The maximum Gasteiger partial charge on any atom is 0.188 e. The van der Waals surface area contributed by atoms with Gasteiger partial charge in [0.25, 0.3) is 0 Å². The molecule has 5 heteroatoms. The molecule has 1 saturated heterocycles. The van der Waals surface area contributed by atoms with E-state index in [-0.39, 0.29) is 0 Å². The van der Waals surface area contributed by atoms with Crippen LogP contribution in [0.3, 0.4) is 0 Å². The van der Waals surface area contributed by atoms with Crippen molar-refractivity contribution >= 4 is 11.8 Å². The standard InChI is InChI=1S/C17H29N5/c1-2-3-9-20-17(18)21-14-15-8-10-19-16(13-15)22-11-6-4-5-7-12-22/h8,10,13H,2-7,9,11-12,14H2,1H3,(H3,18,20,21). The van der Waals surface area contributed by atoms with Crippen molar-refractivity contribution in [1.82, 2.24) is 10.3 Å². The normalized spacial score (nSPS) is 16.4. The van der Waals surface area contributed by atoms with E-state index in [9.17, 15) is 0 Å². The third-order valence-corrected chi connectivity index (χ3v) is 4.01. The second-order valence-corrected chi connectivity index (χ2v) is 5.91. The Morgan fingerprint density at radius 2 is 2.09 bits per heavy atom. The Morgan fingerprint density at radius 1 is 1.32 bits per heavy atom. The first kappa shape index (κ1) is 16.6. The molecule has 5 nitrogen and oxygen atoms in total. The Balaban J connectivity index is 1.91. The lowest BCUT2D eigenvalue weighted by atomic mass is 10.2. The number of aromatic nitrogens is 1. The summed E-state index contributed by atoms with van der Waals surface area (Å²) in [5, 5.41) is 3.14. The minimum absolute atomic E-state index is 0.529. The van der Waals surface area contributed by atoms with Crippen LogP contribution in [-0.4, -0.2) is 30.6 Å². The topological polar surface area (TPSA) is 66.5 Å². The van der Waals surface area contributed by atoms with Crippen LogP contribution in [0.1, 0.15) is 51.0 Å². The van der Waals surface area contributed by atoms with Gasteiger partial charge in [0.2, 0.25) is 0 Å². The van der Waals surface area contributed by atoms with Crippen LogP contribution in [-0.2, 0) is 6.54 Å². The SMILES string of the molecule is CCCCNC(N)=NCc1ccnc(N2CCCCCC2)c1. The first-order valence-electron chi connectivity index (χ1n) is 8.53. The molecule has 1 aliphatic heterocycles. The molecular weight excluding hydrogens is 274 g/mol. The lowest BCUT2D eigenvalue weighted by Crippen LogP contribution is -2.32. The zero-order valence-corrected chi connectivity index (χ0v) is 13.7. The summed E-state index contributed by atoms with van der Waals surface area (Å²) in [4.78, 5) is 11.3. The second kappa shape index (κ2) is 9.28. The summed E-state index contributed by atoms with van der Waals surface area (Å²) in [6.45, 7) is 5.88. The van der Waals surface area contributed by atoms with Gasteiger partial charge in [0.05, 0.1) is 6.54 Å². The molecule has 0 spiro atoms. The van der Waals surface area contributed by atoms with Gasteiger partial charge in [0, 0.05) is 25.8 Å². The van der Waals surface area contributed by atoms with E-state index < -0.39 is 0 Å². The number of hydrogen-bond acceptors (Lipinski definition) is 3. The fourth-order valence-corrected chi connectivity index (χ4v) is 2.66. The van der Waals surface area contributed by atoms with Gasteiger partial charge in [-0.25, -0.2) is 9.98 Å². The summed E-state index contributed by atoms with van der Waals surface area (Å²) in [7, 11) is 0. The van der Waals surface area contributed by atoms with Crippen LogP contribution in [0, 0.1) is 0 Å². The van der Waals surface area contributed by atoms with Crippen LogP contribution < -0.4 is 16.0 Å². The predicted octanol–water partition coefficient (Wildman–Crippen LogP) is 2.67. The number of guanidine groups is 1. The van der Waals surface area contributed by atoms with Crippen LogP contribution in [0.25, 0.3) is 0 Å². The molecule has 0 atom stereocenters. The van der Waals surface area contributed by atoms with Gasteiger partial charge < -0.3 is 16.0 Å². The Morgan fingerprint density at radius 3 is 2.82 bits per heavy atom. The van der Waals surface area contributed by atoms with E-state index in [1.54, 1.807) is 0 Å². The number of rotatable bonds is 6. The van der Waals surface area contributed by atoms with Gasteiger partial charge in [-0.1, -0.05) is 26.2 Å². The van der Waals surface area contributed by atoms with Gasteiger partial charge in [-0.05, 0) is 37.0 Å². The third kappa shape index (κ3) is 5.54. The van der Waals surface area contributed by atoms with Gasteiger partial charge >= 0.3 is 0 Å². The van der Waals surface area contributed by atoms with Crippen molar-refractivity contribution in [2.45, 2.75) is 52.0 Å². The first-order valence-corrected chi connectivity index (χ1v) is 8.53. The largest absolute Gasteiger partial charge is 0.370 e. The summed E-state index contributed by atoms with van der Waals surface area (Å²) in [6, 6.07) is 4.16. The lowest BCUT2D eigenvalue weighted by molar-refractivity contribution is 0.726. The van der Waals surface area contributed by atoms with Crippen molar-refractivity contribution in [2.24, 2.45) is 10.7 Å². The number of hydrogen-bond donors (Lipinski definition) is 2.